The van der Waals surface area contributed by atoms with E-state index in [2.05, 4.69) is 20.0 Å². The first kappa shape index (κ1) is 16.7. The van der Waals surface area contributed by atoms with Crippen LogP contribution in [0, 0.1) is 6.92 Å². The Bertz CT molecular complexity index is 819. The number of rotatable bonds is 5. The molecule has 0 unspecified atom stereocenters. The van der Waals surface area contributed by atoms with Crippen LogP contribution in [0.2, 0.25) is 0 Å². The van der Waals surface area contributed by atoms with Gasteiger partial charge in [-0.05, 0) is 30.7 Å². The van der Waals surface area contributed by atoms with Crippen LogP contribution in [0.3, 0.4) is 0 Å². The fourth-order valence-electron chi connectivity index (χ4n) is 1.92. The lowest BCUT2D eigenvalue weighted by molar-refractivity contribution is -0.114. The number of nitrogens with zero attached hydrogens (tertiary/aromatic N) is 2. The molecule has 23 heavy (non-hydrogen) atoms. The standard InChI is InChI=1S/C14H16N4O4S/c1-9-6-11(17-10(2)19)4-5-13(9)23(20,21)18-12-7-15-14(22-3)16-8-12/h4-8,18H,1-3H3,(H,17,19). The molecule has 2 aromatic rings. The summed E-state index contributed by atoms with van der Waals surface area (Å²) in [5.74, 6) is -0.228. The van der Waals surface area contributed by atoms with Gasteiger partial charge in [-0.2, -0.15) is 0 Å². The van der Waals surface area contributed by atoms with Gasteiger partial charge in [0.15, 0.2) is 0 Å². The van der Waals surface area contributed by atoms with E-state index < -0.39 is 10.0 Å². The number of methoxy groups -OCH3 is 1. The Morgan fingerprint density at radius 1 is 1.17 bits per heavy atom. The average molecular weight is 336 g/mol. The quantitative estimate of drug-likeness (QED) is 0.857. The van der Waals surface area contributed by atoms with Crippen LogP contribution in [0.1, 0.15) is 12.5 Å². The van der Waals surface area contributed by atoms with E-state index in [0.717, 1.165) is 0 Å². The van der Waals surface area contributed by atoms with Gasteiger partial charge in [0, 0.05) is 12.6 Å². The number of nitrogens with one attached hydrogen (secondary N) is 2. The largest absolute Gasteiger partial charge is 0.467 e. The molecule has 2 rings (SSSR count). The number of carbonyl (C=O) groups is 1. The summed E-state index contributed by atoms with van der Waals surface area (Å²) in [5, 5.41) is 2.60. The highest BCUT2D eigenvalue weighted by Gasteiger charge is 2.18. The third-order valence-corrected chi connectivity index (χ3v) is 4.39. The predicted octanol–water partition coefficient (Wildman–Crippen LogP) is 1.55. The van der Waals surface area contributed by atoms with Gasteiger partial charge in [0.1, 0.15) is 0 Å². The maximum atomic E-state index is 12.4. The minimum atomic E-state index is -3.79. The van der Waals surface area contributed by atoms with E-state index in [4.69, 9.17) is 4.74 Å². The smallest absolute Gasteiger partial charge is 0.316 e. The number of sulfonamides is 1. The Morgan fingerprint density at radius 2 is 1.83 bits per heavy atom. The zero-order valence-electron chi connectivity index (χ0n) is 12.8. The van der Waals surface area contributed by atoms with Crippen molar-refractivity contribution in [3.05, 3.63) is 36.2 Å². The van der Waals surface area contributed by atoms with E-state index in [1.165, 1.54) is 38.6 Å². The molecule has 2 N–H and O–H groups in total. The number of carbonyl (C=O) groups excluding carboxylic acids is 1. The topological polar surface area (TPSA) is 110 Å². The Balaban J connectivity index is 2.26. The third kappa shape index (κ3) is 4.16. The molecule has 1 aromatic carbocycles. The molecule has 0 fully saturated rings. The van der Waals surface area contributed by atoms with Crippen LogP contribution in [0.25, 0.3) is 0 Å². The highest BCUT2D eigenvalue weighted by Crippen LogP contribution is 2.22. The highest BCUT2D eigenvalue weighted by atomic mass is 32.2. The molecule has 1 aromatic heterocycles. The molecule has 0 atom stereocenters. The van der Waals surface area contributed by atoms with Gasteiger partial charge >= 0.3 is 6.01 Å². The number of ether oxygens (including phenoxy) is 1. The first-order chi connectivity index (χ1) is 10.8. The van der Waals surface area contributed by atoms with Gasteiger partial charge < -0.3 is 10.1 Å². The average Bonchev–Trinajstić information content (AvgIpc) is 2.46. The SMILES string of the molecule is COc1ncc(NS(=O)(=O)c2ccc(NC(C)=O)cc2C)cn1. The van der Waals surface area contributed by atoms with E-state index in [0.29, 0.717) is 11.3 Å². The Kier molecular flexibility index (Phi) is 4.80. The Morgan fingerprint density at radius 3 is 2.35 bits per heavy atom. The van der Waals surface area contributed by atoms with Crippen molar-refractivity contribution in [1.29, 1.82) is 0 Å². The molecule has 1 amide bonds. The van der Waals surface area contributed by atoms with E-state index in [9.17, 15) is 13.2 Å². The van der Waals surface area contributed by atoms with E-state index in [-0.39, 0.29) is 22.5 Å². The summed E-state index contributed by atoms with van der Waals surface area (Å²) in [6, 6.07) is 4.67. The second kappa shape index (κ2) is 6.61. The highest BCUT2D eigenvalue weighted by molar-refractivity contribution is 7.92. The molecule has 0 aliphatic rings. The van der Waals surface area contributed by atoms with Gasteiger partial charge in [0.05, 0.1) is 30.1 Å². The fourth-order valence-corrected chi connectivity index (χ4v) is 3.17. The number of amides is 1. The molecule has 1 heterocycles. The Hall–Kier alpha value is -2.68. The van der Waals surface area contributed by atoms with E-state index in [1.807, 2.05) is 0 Å². The third-order valence-electron chi connectivity index (χ3n) is 2.85. The maximum absolute atomic E-state index is 12.4. The van der Waals surface area contributed by atoms with Crippen LogP contribution in [0.15, 0.2) is 35.5 Å². The summed E-state index contributed by atoms with van der Waals surface area (Å²) in [7, 11) is -2.38. The number of aromatic nitrogens is 2. The summed E-state index contributed by atoms with van der Waals surface area (Å²) in [5.41, 5.74) is 1.25. The lowest BCUT2D eigenvalue weighted by Gasteiger charge is -2.11. The molecule has 8 nitrogen and oxygen atoms in total. The second-order valence-electron chi connectivity index (χ2n) is 4.73. The van der Waals surface area contributed by atoms with Gasteiger partial charge in [0.2, 0.25) is 5.91 Å². The lowest BCUT2D eigenvalue weighted by Crippen LogP contribution is -2.15. The Labute approximate surface area is 134 Å². The van der Waals surface area contributed by atoms with E-state index >= 15 is 0 Å². The van der Waals surface area contributed by atoms with Crippen LogP contribution in [-0.4, -0.2) is 31.4 Å². The molecule has 0 spiro atoms. The predicted molar refractivity (Wildman–Crippen MR) is 84.9 cm³/mol. The number of aryl methyl sites for hydroxylation is 1. The molecule has 0 aliphatic carbocycles. The van der Waals surface area contributed by atoms with Crippen molar-refractivity contribution in [2.75, 3.05) is 17.1 Å². The maximum Gasteiger partial charge on any atom is 0.316 e. The monoisotopic (exact) mass is 336 g/mol. The molecular formula is C14H16N4O4S. The van der Waals surface area contributed by atoms with Crippen molar-refractivity contribution in [3.8, 4) is 6.01 Å². The zero-order valence-corrected chi connectivity index (χ0v) is 13.6. The molecule has 0 bridgehead atoms. The summed E-state index contributed by atoms with van der Waals surface area (Å²) in [6.07, 6.45) is 2.62. The summed E-state index contributed by atoms with van der Waals surface area (Å²) in [4.78, 5) is 18.8. The molecule has 122 valence electrons. The van der Waals surface area contributed by atoms with Crippen LogP contribution < -0.4 is 14.8 Å². The van der Waals surface area contributed by atoms with Crippen molar-refractivity contribution in [3.63, 3.8) is 0 Å². The van der Waals surface area contributed by atoms with Crippen molar-refractivity contribution in [1.82, 2.24) is 9.97 Å². The second-order valence-corrected chi connectivity index (χ2v) is 6.38. The van der Waals surface area contributed by atoms with Crippen LogP contribution >= 0.6 is 0 Å². The van der Waals surface area contributed by atoms with Gasteiger partial charge in [-0.15, -0.1) is 0 Å². The summed E-state index contributed by atoms with van der Waals surface area (Å²) in [6.45, 7) is 3.02. The van der Waals surface area contributed by atoms with Crippen LogP contribution in [0.5, 0.6) is 6.01 Å². The first-order valence-electron chi connectivity index (χ1n) is 6.59. The number of hydrogen-bond donors (Lipinski definition) is 2. The van der Waals surface area contributed by atoms with E-state index in [1.54, 1.807) is 13.0 Å². The van der Waals surface area contributed by atoms with Gasteiger partial charge in [-0.1, -0.05) is 0 Å². The molecule has 0 saturated heterocycles. The minimum absolute atomic E-state index is 0.0995. The fraction of sp³-hybridized carbons (Fsp3) is 0.214. The van der Waals surface area contributed by atoms with Crippen LogP contribution in [-0.2, 0) is 14.8 Å². The van der Waals surface area contributed by atoms with Gasteiger partial charge in [-0.3, -0.25) is 9.52 Å². The van der Waals surface area contributed by atoms with Crippen molar-refractivity contribution in [2.24, 2.45) is 0 Å². The summed E-state index contributed by atoms with van der Waals surface area (Å²) >= 11 is 0. The number of anilines is 2. The molecule has 0 radical (unpaired) electrons. The molecule has 0 saturated carbocycles. The van der Waals surface area contributed by atoms with Crippen molar-refractivity contribution >= 4 is 27.3 Å². The van der Waals surface area contributed by atoms with Crippen molar-refractivity contribution in [2.45, 2.75) is 18.7 Å². The molecule has 0 aliphatic heterocycles. The lowest BCUT2D eigenvalue weighted by atomic mass is 10.2. The van der Waals surface area contributed by atoms with Gasteiger partial charge in [-0.25, -0.2) is 18.4 Å². The molecular weight excluding hydrogens is 320 g/mol. The minimum Gasteiger partial charge on any atom is -0.467 e. The van der Waals surface area contributed by atoms with Crippen LogP contribution in [0.4, 0.5) is 11.4 Å². The normalized spacial score (nSPS) is 10.9. The number of hydrogen-bond acceptors (Lipinski definition) is 6. The van der Waals surface area contributed by atoms with Gasteiger partial charge in [0.25, 0.3) is 10.0 Å². The number of benzene rings is 1. The van der Waals surface area contributed by atoms with Crippen molar-refractivity contribution < 1.29 is 17.9 Å². The zero-order chi connectivity index (χ0) is 17.0. The molecule has 9 heteroatoms. The summed E-state index contributed by atoms with van der Waals surface area (Å²) < 4.78 is 32.1. The first-order valence-corrected chi connectivity index (χ1v) is 8.07.